The molecule has 3 aromatic carbocycles. The molecule has 0 saturated carbocycles. The number of hydrogen-bond donors (Lipinski definition) is 2. The van der Waals surface area contributed by atoms with Gasteiger partial charge in [-0.2, -0.15) is 0 Å². The van der Waals surface area contributed by atoms with Crippen molar-refractivity contribution in [3.63, 3.8) is 0 Å². The van der Waals surface area contributed by atoms with Crippen molar-refractivity contribution in [2.75, 3.05) is 13.1 Å². The molecule has 6 rings (SSSR count). The molecular formula is C41H46N2O10. The normalized spacial score (nSPS) is 19.2. The maximum absolute atomic E-state index is 13.7. The number of benzene rings is 3. The van der Waals surface area contributed by atoms with Gasteiger partial charge in [-0.1, -0.05) is 47.6 Å². The van der Waals surface area contributed by atoms with Crippen LogP contribution in [-0.2, 0) is 29.5 Å². The summed E-state index contributed by atoms with van der Waals surface area (Å²) in [6.45, 7) is 12.1. The lowest BCUT2D eigenvalue weighted by molar-refractivity contribution is -0.136. The third kappa shape index (κ3) is 7.78. The molecule has 3 aliphatic rings. The first-order chi connectivity index (χ1) is 25.3. The van der Waals surface area contributed by atoms with Crippen molar-refractivity contribution in [3.8, 4) is 23.0 Å². The zero-order valence-electron chi connectivity index (χ0n) is 30.9. The fourth-order valence-corrected chi connectivity index (χ4v) is 7.11. The predicted molar refractivity (Wildman–Crippen MR) is 193 cm³/mol. The van der Waals surface area contributed by atoms with Gasteiger partial charge in [-0.3, -0.25) is 19.2 Å². The van der Waals surface area contributed by atoms with E-state index in [1.54, 1.807) is 48.5 Å². The van der Waals surface area contributed by atoms with E-state index in [9.17, 15) is 24.0 Å². The first kappa shape index (κ1) is 37.5. The number of amides is 2. The van der Waals surface area contributed by atoms with E-state index in [1.807, 2.05) is 34.6 Å². The van der Waals surface area contributed by atoms with Crippen LogP contribution in [0.5, 0.6) is 23.0 Å². The average Bonchev–Trinajstić information content (AvgIpc) is 3.62. The molecule has 1 fully saturated rings. The molecule has 3 heterocycles. The molecule has 2 amide bonds. The number of esters is 3. The van der Waals surface area contributed by atoms with Gasteiger partial charge in [0, 0.05) is 60.3 Å². The van der Waals surface area contributed by atoms with Crippen molar-refractivity contribution >= 4 is 29.7 Å². The minimum Gasteiger partial charge on any atom is -0.456 e. The van der Waals surface area contributed by atoms with Gasteiger partial charge in [0.2, 0.25) is 5.91 Å². The van der Waals surface area contributed by atoms with Gasteiger partial charge in [0.1, 0.15) is 29.1 Å². The van der Waals surface area contributed by atoms with Crippen LogP contribution in [0.4, 0.5) is 0 Å². The molecule has 0 aromatic heterocycles. The first-order valence-corrected chi connectivity index (χ1v) is 18.3. The van der Waals surface area contributed by atoms with Crippen LogP contribution >= 0.6 is 0 Å². The molecule has 1 spiro atoms. The van der Waals surface area contributed by atoms with E-state index in [4.69, 9.17) is 23.7 Å². The van der Waals surface area contributed by atoms with Gasteiger partial charge in [-0.25, -0.2) is 4.79 Å². The number of carbonyl (C=O) groups is 5. The summed E-state index contributed by atoms with van der Waals surface area (Å²) in [4.78, 5) is 64.6. The minimum absolute atomic E-state index is 0.0626. The van der Waals surface area contributed by atoms with Crippen LogP contribution in [0, 0.1) is 17.8 Å². The monoisotopic (exact) mass is 726 g/mol. The highest BCUT2D eigenvalue weighted by atomic mass is 16.6. The maximum Gasteiger partial charge on any atom is 0.340 e. The van der Waals surface area contributed by atoms with Crippen LogP contribution in [0.25, 0.3) is 0 Å². The lowest BCUT2D eigenvalue weighted by atomic mass is 9.77. The third-order valence-corrected chi connectivity index (χ3v) is 9.59. The van der Waals surface area contributed by atoms with Crippen molar-refractivity contribution in [1.82, 2.24) is 10.6 Å². The smallest absolute Gasteiger partial charge is 0.340 e. The van der Waals surface area contributed by atoms with Gasteiger partial charge >= 0.3 is 17.9 Å². The molecule has 12 heteroatoms. The summed E-state index contributed by atoms with van der Waals surface area (Å²) in [5, 5.41) is 5.63. The van der Waals surface area contributed by atoms with E-state index in [2.05, 4.69) is 17.6 Å². The molecule has 280 valence electrons. The van der Waals surface area contributed by atoms with Crippen molar-refractivity contribution in [2.24, 2.45) is 17.8 Å². The molecule has 3 aromatic rings. The molecule has 2 N–H and O–H groups in total. The average molecular weight is 727 g/mol. The molecule has 12 nitrogen and oxygen atoms in total. The van der Waals surface area contributed by atoms with Gasteiger partial charge in [0.15, 0.2) is 5.60 Å². The number of nitrogens with one attached hydrogen (secondary N) is 2. The van der Waals surface area contributed by atoms with Crippen molar-refractivity contribution in [3.05, 3.63) is 82.4 Å². The standard InChI is InChI=1S/C41H46N2O10/c1-7-32-24(6)18-35(51-32)39(47)43-15-14-42-38(46)25-8-11-29-28(19-25)40(48)53-41(29)30-12-9-26(49-36(44)16-22(2)3)20-33(30)52-34-21-27(10-13-31(34)41)50-37(45)17-23(4)5/h8-13,19-24,32,35H,7,14-18H2,1-6H3,(H,42,46)(H,43,47)/t24-,32?,35-/m1/s1. The van der Waals surface area contributed by atoms with Gasteiger partial charge in [-0.15, -0.1) is 0 Å². The van der Waals surface area contributed by atoms with Gasteiger partial charge in [-0.05, 0) is 67.0 Å². The molecule has 0 bridgehead atoms. The molecule has 0 radical (unpaired) electrons. The topological polar surface area (TPSA) is 156 Å². The lowest BCUT2D eigenvalue weighted by Gasteiger charge is -2.36. The van der Waals surface area contributed by atoms with Crippen LogP contribution in [0.3, 0.4) is 0 Å². The fourth-order valence-electron chi connectivity index (χ4n) is 7.11. The van der Waals surface area contributed by atoms with E-state index in [-0.39, 0.29) is 83.9 Å². The second-order valence-electron chi connectivity index (χ2n) is 14.7. The second kappa shape index (κ2) is 15.4. The minimum atomic E-state index is -1.49. The molecule has 0 aliphatic carbocycles. The van der Waals surface area contributed by atoms with Crippen molar-refractivity contribution in [2.45, 2.75) is 85.0 Å². The van der Waals surface area contributed by atoms with E-state index >= 15 is 0 Å². The molecule has 3 aliphatic heterocycles. The Morgan fingerprint density at radius 2 is 1.38 bits per heavy atom. The second-order valence-corrected chi connectivity index (χ2v) is 14.7. The SMILES string of the molecule is CCC1O[C@@H](C(=O)NCCNC(=O)c2ccc3c(c2)C(=O)OC32c3ccc(OC(=O)CC(C)C)cc3Oc3cc(OC(=O)CC(C)C)ccc32)C[C@H]1C. The Labute approximate surface area is 308 Å². The summed E-state index contributed by atoms with van der Waals surface area (Å²) in [6, 6.07) is 14.5. The van der Waals surface area contributed by atoms with Gasteiger partial charge < -0.3 is 34.3 Å². The maximum atomic E-state index is 13.7. The van der Waals surface area contributed by atoms with Crippen molar-refractivity contribution < 1.29 is 47.7 Å². The van der Waals surface area contributed by atoms with E-state index in [0.29, 0.717) is 29.0 Å². The molecule has 53 heavy (non-hydrogen) atoms. The molecule has 3 atom stereocenters. The summed E-state index contributed by atoms with van der Waals surface area (Å²) in [6.07, 6.45) is 1.51. The Bertz CT molecular complexity index is 1860. The van der Waals surface area contributed by atoms with Crippen molar-refractivity contribution in [1.29, 1.82) is 0 Å². The molecular weight excluding hydrogens is 680 g/mol. The molecule has 1 saturated heterocycles. The van der Waals surface area contributed by atoms with Crippen LogP contribution in [0.2, 0.25) is 0 Å². The first-order valence-electron chi connectivity index (χ1n) is 18.3. The number of ether oxygens (including phenoxy) is 5. The summed E-state index contributed by atoms with van der Waals surface area (Å²) in [7, 11) is 0. The number of fused-ring (bicyclic) bond motifs is 6. The van der Waals surface area contributed by atoms with Crippen LogP contribution < -0.4 is 24.8 Å². The predicted octanol–water partition coefficient (Wildman–Crippen LogP) is 6.21. The third-order valence-electron chi connectivity index (χ3n) is 9.59. The Kier molecular flexibility index (Phi) is 10.9. The fraction of sp³-hybridized carbons (Fsp3) is 0.439. The highest BCUT2D eigenvalue weighted by Crippen LogP contribution is 2.57. The zero-order valence-corrected chi connectivity index (χ0v) is 30.9. The molecule has 1 unspecified atom stereocenters. The Balaban J connectivity index is 1.26. The zero-order chi connectivity index (χ0) is 38.0. The lowest BCUT2D eigenvalue weighted by Crippen LogP contribution is -2.39. The Hall–Kier alpha value is -5.23. The Morgan fingerprint density at radius 1 is 0.811 bits per heavy atom. The number of carbonyl (C=O) groups excluding carboxylic acids is 5. The number of hydrogen-bond acceptors (Lipinski definition) is 10. The van der Waals surface area contributed by atoms with Gasteiger partial charge in [0.25, 0.3) is 5.91 Å². The largest absolute Gasteiger partial charge is 0.456 e. The summed E-state index contributed by atoms with van der Waals surface area (Å²) in [5.74, 6) is -0.568. The Morgan fingerprint density at radius 3 is 1.92 bits per heavy atom. The number of rotatable bonds is 12. The van der Waals surface area contributed by atoms with E-state index in [1.165, 1.54) is 6.07 Å². The van der Waals surface area contributed by atoms with E-state index in [0.717, 1.165) is 6.42 Å². The summed E-state index contributed by atoms with van der Waals surface area (Å²) < 4.78 is 29.6. The summed E-state index contributed by atoms with van der Waals surface area (Å²) in [5.41, 5.74) is 0.347. The van der Waals surface area contributed by atoms with Crippen LogP contribution in [-0.4, -0.2) is 55.0 Å². The van der Waals surface area contributed by atoms with Gasteiger partial charge in [0.05, 0.1) is 11.7 Å². The van der Waals surface area contributed by atoms with E-state index < -0.39 is 35.5 Å². The quantitative estimate of drug-likeness (QED) is 0.125. The van der Waals surface area contributed by atoms with Crippen LogP contribution in [0.1, 0.15) is 105 Å². The highest BCUT2D eigenvalue weighted by molar-refractivity contribution is 6.01. The highest BCUT2D eigenvalue weighted by Gasteiger charge is 2.54. The van der Waals surface area contributed by atoms with Crippen LogP contribution in [0.15, 0.2) is 54.6 Å². The summed E-state index contributed by atoms with van der Waals surface area (Å²) >= 11 is 0.